The van der Waals surface area contributed by atoms with Crippen LogP contribution in [0.2, 0.25) is 0 Å². The van der Waals surface area contributed by atoms with Crippen molar-refractivity contribution in [2.75, 3.05) is 13.2 Å². The van der Waals surface area contributed by atoms with Crippen LogP contribution in [0.4, 0.5) is 0 Å². The monoisotopic (exact) mass is 818 g/mol. The van der Waals surface area contributed by atoms with Gasteiger partial charge in [0.15, 0.2) is 0 Å². The maximum absolute atomic E-state index is 9.94. The van der Waals surface area contributed by atoms with E-state index < -0.39 is 17.6 Å². The minimum Gasteiger partial charge on any atom is -0.491 e. The molecular formula is C59H46O4. The predicted octanol–water partition coefficient (Wildman–Crippen LogP) is 13.5. The molecule has 1 aliphatic carbocycles. The summed E-state index contributed by atoms with van der Waals surface area (Å²) < 4.78 is 11.9. The summed E-state index contributed by atoms with van der Waals surface area (Å²) in [6.07, 6.45) is -1.12. The summed E-state index contributed by atoms with van der Waals surface area (Å²) >= 11 is 0. The van der Waals surface area contributed by atoms with Crippen molar-refractivity contribution in [3.63, 3.8) is 0 Å². The zero-order chi connectivity index (χ0) is 42.7. The van der Waals surface area contributed by atoms with Gasteiger partial charge in [-0.05, 0) is 173 Å². The maximum Gasteiger partial charge on any atom is 0.120 e. The largest absolute Gasteiger partial charge is 0.491 e. The maximum atomic E-state index is 9.94. The second-order valence-electron chi connectivity index (χ2n) is 17.2. The van der Waals surface area contributed by atoms with Crippen LogP contribution in [-0.4, -0.2) is 35.6 Å². The lowest BCUT2D eigenvalue weighted by molar-refractivity contribution is 0.122. The summed E-state index contributed by atoms with van der Waals surface area (Å²) in [4.78, 5) is 0. The topological polar surface area (TPSA) is 58.9 Å². The normalized spacial score (nSPS) is 13.8. The summed E-state index contributed by atoms with van der Waals surface area (Å²) in [5.74, 6) is 1.46. The third-order valence-electron chi connectivity index (χ3n) is 12.8. The fraction of sp³-hybridized carbons (Fsp3) is 0.119. The van der Waals surface area contributed by atoms with Gasteiger partial charge in [-0.1, -0.05) is 133 Å². The fourth-order valence-electron chi connectivity index (χ4n) is 9.74. The molecular weight excluding hydrogens is 773 g/mol. The van der Waals surface area contributed by atoms with Crippen LogP contribution in [0.15, 0.2) is 194 Å². The minimum atomic E-state index is -0.726. The van der Waals surface area contributed by atoms with Gasteiger partial charge in [-0.25, -0.2) is 0 Å². The highest BCUT2D eigenvalue weighted by molar-refractivity contribution is 5.96. The van der Waals surface area contributed by atoms with Crippen molar-refractivity contribution in [3.8, 4) is 44.9 Å². The first-order valence-corrected chi connectivity index (χ1v) is 21.8. The molecule has 0 saturated carbocycles. The Morgan fingerprint density at radius 1 is 0.365 bits per heavy atom. The fourth-order valence-corrected chi connectivity index (χ4v) is 9.74. The molecule has 11 rings (SSSR count). The Balaban J connectivity index is 1.18. The lowest BCUT2D eigenvalue weighted by Crippen LogP contribution is -2.28. The quantitative estimate of drug-likeness (QED) is 0.144. The van der Waals surface area contributed by atoms with Crippen LogP contribution >= 0.6 is 0 Å². The van der Waals surface area contributed by atoms with Gasteiger partial charge in [0.2, 0.25) is 0 Å². The molecule has 0 heterocycles. The van der Waals surface area contributed by atoms with Crippen LogP contribution in [-0.2, 0) is 5.41 Å². The third-order valence-corrected chi connectivity index (χ3v) is 12.8. The van der Waals surface area contributed by atoms with E-state index in [9.17, 15) is 10.2 Å². The average molecular weight is 819 g/mol. The van der Waals surface area contributed by atoms with Crippen LogP contribution in [0.25, 0.3) is 76.5 Å². The molecule has 0 amide bonds. The van der Waals surface area contributed by atoms with E-state index in [1.807, 2.05) is 12.1 Å². The number of hydrogen-bond donors (Lipinski definition) is 2. The summed E-state index contributed by atoms with van der Waals surface area (Å²) in [5.41, 5.74) is 11.1. The molecule has 0 fully saturated rings. The second-order valence-corrected chi connectivity index (χ2v) is 17.2. The molecule has 63 heavy (non-hydrogen) atoms. The van der Waals surface area contributed by atoms with Gasteiger partial charge in [0, 0.05) is 0 Å². The van der Waals surface area contributed by atoms with Crippen molar-refractivity contribution in [1.82, 2.24) is 0 Å². The van der Waals surface area contributed by atoms with Gasteiger partial charge in [-0.15, -0.1) is 0 Å². The highest BCUT2D eigenvalue weighted by Gasteiger charge is 2.47. The van der Waals surface area contributed by atoms with Crippen molar-refractivity contribution in [3.05, 3.63) is 216 Å². The Kier molecular flexibility index (Phi) is 9.57. The number of aliphatic hydroxyl groups is 2. The first-order chi connectivity index (χ1) is 30.8. The predicted molar refractivity (Wildman–Crippen MR) is 259 cm³/mol. The number of hydrogen-bond acceptors (Lipinski definition) is 4. The molecule has 2 N–H and O–H groups in total. The highest BCUT2D eigenvalue weighted by Crippen LogP contribution is 2.58. The molecule has 1 aliphatic rings. The van der Waals surface area contributed by atoms with E-state index in [1.165, 1.54) is 54.9 Å². The van der Waals surface area contributed by atoms with E-state index in [0.717, 1.165) is 55.3 Å². The van der Waals surface area contributed by atoms with E-state index >= 15 is 0 Å². The zero-order valence-corrected chi connectivity index (χ0v) is 35.3. The Hall–Kier alpha value is -7.24. The van der Waals surface area contributed by atoms with Crippen molar-refractivity contribution >= 4 is 43.1 Å². The van der Waals surface area contributed by atoms with Gasteiger partial charge in [-0.2, -0.15) is 0 Å². The summed E-state index contributed by atoms with van der Waals surface area (Å²) in [5, 5.41) is 29.1. The van der Waals surface area contributed by atoms with Crippen LogP contribution in [0, 0.1) is 0 Å². The Morgan fingerprint density at radius 2 is 0.714 bits per heavy atom. The number of ether oxygens (including phenoxy) is 2. The highest BCUT2D eigenvalue weighted by atomic mass is 16.5. The van der Waals surface area contributed by atoms with Crippen LogP contribution in [0.1, 0.15) is 36.1 Å². The molecule has 0 saturated heterocycles. The first kappa shape index (κ1) is 38.7. The molecule has 2 atom stereocenters. The van der Waals surface area contributed by atoms with E-state index in [4.69, 9.17) is 9.47 Å². The molecule has 0 spiro atoms. The van der Waals surface area contributed by atoms with E-state index in [1.54, 1.807) is 13.8 Å². The van der Waals surface area contributed by atoms with E-state index in [2.05, 4.69) is 182 Å². The number of rotatable bonds is 10. The van der Waals surface area contributed by atoms with Gasteiger partial charge in [0.1, 0.15) is 24.7 Å². The SMILES string of the molecule is CC(O)COc1ccc2cc(C3(c4ccc5cc(OCC(C)O)ccc5c4)c4cc(-c5ccc6ccccc6c5)ccc4-c4ccc(-c5ccc6ccccc6c5)cc43)ccc2c1. The Bertz CT molecular complexity index is 3150. The third kappa shape index (κ3) is 6.89. The van der Waals surface area contributed by atoms with Crippen LogP contribution < -0.4 is 9.47 Å². The summed E-state index contributed by atoms with van der Waals surface area (Å²) in [6.45, 7) is 3.93. The summed E-state index contributed by atoms with van der Waals surface area (Å²) in [6, 6.07) is 70.9. The van der Waals surface area contributed by atoms with Crippen molar-refractivity contribution in [2.45, 2.75) is 31.5 Å². The summed E-state index contributed by atoms with van der Waals surface area (Å²) in [7, 11) is 0. The van der Waals surface area contributed by atoms with Crippen molar-refractivity contribution in [2.24, 2.45) is 0 Å². The lowest BCUT2D eigenvalue weighted by Gasteiger charge is -2.35. The zero-order valence-electron chi connectivity index (χ0n) is 35.3. The molecule has 10 aromatic carbocycles. The molecule has 0 radical (unpaired) electrons. The van der Waals surface area contributed by atoms with Gasteiger partial charge < -0.3 is 19.7 Å². The smallest absolute Gasteiger partial charge is 0.120 e. The van der Waals surface area contributed by atoms with Gasteiger partial charge in [0.05, 0.1) is 17.6 Å². The molecule has 4 heteroatoms. The van der Waals surface area contributed by atoms with Gasteiger partial charge in [-0.3, -0.25) is 0 Å². The molecule has 10 aromatic rings. The Morgan fingerprint density at radius 3 is 1.16 bits per heavy atom. The average Bonchev–Trinajstić information content (AvgIpc) is 3.61. The molecule has 2 unspecified atom stereocenters. The molecule has 0 aromatic heterocycles. The van der Waals surface area contributed by atoms with E-state index in [-0.39, 0.29) is 13.2 Å². The molecule has 306 valence electrons. The van der Waals surface area contributed by atoms with E-state index in [0.29, 0.717) is 0 Å². The minimum absolute atomic E-state index is 0.232. The van der Waals surface area contributed by atoms with Crippen molar-refractivity contribution in [1.29, 1.82) is 0 Å². The first-order valence-electron chi connectivity index (χ1n) is 21.8. The number of aliphatic hydroxyl groups excluding tert-OH is 2. The number of fused-ring (bicyclic) bond motifs is 7. The van der Waals surface area contributed by atoms with Crippen LogP contribution in [0.3, 0.4) is 0 Å². The van der Waals surface area contributed by atoms with Gasteiger partial charge >= 0.3 is 0 Å². The molecule has 0 aliphatic heterocycles. The van der Waals surface area contributed by atoms with Gasteiger partial charge in [0.25, 0.3) is 0 Å². The number of benzene rings is 10. The Labute approximate surface area is 367 Å². The standard InChI is InChI=1S/C59H46O4/c1-37(60)35-62-53-23-17-45-29-51(21-15-47(45)31-53)59(52-22-16-48-32-54(63-36-38(2)61)24-18-46(48)30-52)57-33-49(43-13-11-39-7-3-5-9-41(39)27-43)19-25-55(57)56-26-20-50(34-58(56)59)44-14-12-40-8-4-6-10-42(40)28-44/h3-34,37-38,60-61H,35-36H2,1-2H3. The molecule has 0 bridgehead atoms. The lowest BCUT2D eigenvalue weighted by atomic mass is 9.66. The van der Waals surface area contributed by atoms with Crippen LogP contribution in [0.5, 0.6) is 11.5 Å². The molecule has 4 nitrogen and oxygen atoms in total. The van der Waals surface area contributed by atoms with Crippen molar-refractivity contribution < 1.29 is 19.7 Å². The second kappa shape index (κ2) is 15.6.